The van der Waals surface area contributed by atoms with Crippen LogP contribution in [0.5, 0.6) is 0 Å². The molecule has 0 aliphatic heterocycles. The van der Waals surface area contributed by atoms with Crippen molar-refractivity contribution in [1.29, 1.82) is 0 Å². The van der Waals surface area contributed by atoms with Crippen molar-refractivity contribution in [3.05, 3.63) is 65.1 Å². The number of benzene rings is 2. The summed E-state index contributed by atoms with van der Waals surface area (Å²) in [5.41, 5.74) is 1.43. The fourth-order valence-electron chi connectivity index (χ4n) is 2.16. The number of nitro groups is 1. The maximum absolute atomic E-state index is 12.0. The summed E-state index contributed by atoms with van der Waals surface area (Å²) in [5, 5.41) is 13.8. The molecule has 0 aliphatic carbocycles. The Morgan fingerprint density at radius 2 is 1.88 bits per heavy atom. The van der Waals surface area contributed by atoms with Crippen molar-refractivity contribution in [2.75, 3.05) is 5.32 Å². The van der Waals surface area contributed by atoms with Crippen LogP contribution in [0.4, 0.5) is 16.2 Å². The van der Waals surface area contributed by atoms with Gasteiger partial charge in [-0.25, -0.2) is 4.79 Å². The molecule has 24 heavy (non-hydrogen) atoms. The van der Waals surface area contributed by atoms with Gasteiger partial charge < -0.3 is 4.74 Å². The molecule has 0 saturated carbocycles. The predicted molar refractivity (Wildman–Crippen MR) is 92.8 cm³/mol. The highest BCUT2D eigenvalue weighted by Crippen LogP contribution is 2.32. The SMILES string of the molecule is [CH2]c1ccc(-c2ccccc2NC(=O)OC(C)(C)C)cc1[N+](=O)[O-]. The number of anilines is 1. The Balaban J connectivity index is 2.37. The summed E-state index contributed by atoms with van der Waals surface area (Å²) in [6, 6.07) is 11.8. The number of amides is 1. The van der Waals surface area contributed by atoms with Crippen LogP contribution in [0.15, 0.2) is 42.5 Å². The number of carbonyl (C=O) groups is 1. The minimum absolute atomic E-state index is 0.0698. The van der Waals surface area contributed by atoms with E-state index in [-0.39, 0.29) is 5.69 Å². The van der Waals surface area contributed by atoms with E-state index in [4.69, 9.17) is 4.74 Å². The van der Waals surface area contributed by atoms with E-state index in [2.05, 4.69) is 12.2 Å². The van der Waals surface area contributed by atoms with Crippen LogP contribution >= 0.6 is 0 Å². The molecule has 0 atom stereocenters. The van der Waals surface area contributed by atoms with Crippen LogP contribution in [0, 0.1) is 17.0 Å². The minimum Gasteiger partial charge on any atom is -0.444 e. The lowest BCUT2D eigenvalue weighted by molar-refractivity contribution is -0.385. The Kier molecular flexibility index (Phi) is 4.87. The quantitative estimate of drug-likeness (QED) is 0.649. The third-order valence-corrected chi connectivity index (χ3v) is 3.16. The second-order valence-electron chi connectivity index (χ2n) is 6.27. The first-order valence-electron chi connectivity index (χ1n) is 7.37. The van der Waals surface area contributed by atoms with E-state index < -0.39 is 16.6 Å². The van der Waals surface area contributed by atoms with Gasteiger partial charge in [0.1, 0.15) is 5.60 Å². The monoisotopic (exact) mass is 327 g/mol. The van der Waals surface area contributed by atoms with Gasteiger partial charge in [0.05, 0.1) is 10.6 Å². The fourth-order valence-corrected chi connectivity index (χ4v) is 2.16. The van der Waals surface area contributed by atoms with Crippen molar-refractivity contribution in [2.45, 2.75) is 26.4 Å². The number of para-hydroxylation sites is 1. The topological polar surface area (TPSA) is 81.5 Å². The second kappa shape index (κ2) is 6.70. The number of hydrogen-bond acceptors (Lipinski definition) is 4. The summed E-state index contributed by atoms with van der Waals surface area (Å²) in [7, 11) is 0. The predicted octanol–water partition coefficient (Wildman–Crippen LogP) is 4.79. The van der Waals surface area contributed by atoms with Gasteiger partial charge in [0.15, 0.2) is 0 Å². The van der Waals surface area contributed by atoms with Crippen molar-refractivity contribution < 1.29 is 14.5 Å². The summed E-state index contributed by atoms with van der Waals surface area (Å²) in [6.45, 7) is 8.97. The Labute approximate surface area is 140 Å². The molecule has 6 nitrogen and oxygen atoms in total. The van der Waals surface area contributed by atoms with Crippen molar-refractivity contribution in [3.63, 3.8) is 0 Å². The number of nitrogens with zero attached hydrogens (tertiary/aromatic N) is 1. The fraction of sp³-hybridized carbons (Fsp3) is 0.222. The number of hydrogen-bond donors (Lipinski definition) is 1. The molecule has 6 heteroatoms. The summed E-state index contributed by atoms with van der Waals surface area (Å²) >= 11 is 0. The lowest BCUT2D eigenvalue weighted by Gasteiger charge is -2.20. The highest BCUT2D eigenvalue weighted by molar-refractivity contribution is 5.92. The van der Waals surface area contributed by atoms with Gasteiger partial charge >= 0.3 is 6.09 Å². The standard InChI is InChI=1S/C18H19N2O4/c1-12-9-10-13(11-16(12)20(22)23)14-7-5-6-8-15(14)19-17(21)24-18(2,3)4/h5-11H,1H2,2-4H3,(H,19,21). The molecule has 0 spiro atoms. The Hall–Kier alpha value is -2.89. The molecule has 1 radical (unpaired) electrons. The third kappa shape index (κ3) is 4.32. The van der Waals surface area contributed by atoms with E-state index in [1.807, 2.05) is 0 Å². The lowest BCUT2D eigenvalue weighted by atomic mass is 10.0. The molecular formula is C18H19N2O4. The van der Waals surface area contributed by atoms with Crippen molar-refractivity contribution in [3.8, 4) is 11.1 Å². The van der Waals surface area contributed by atoms with Crippen LogP contribution in [0.2, 0.25) is 0 Å². The van der Waals surface area contributed by atoms with Crippen LogP contribution in [0.3, 0.4) is 0 Å². The molecule has 0 bridgehead atoms. The number of rotatable bonds is 3. The van der Waals surface area contributed by atoms with E-state index in [9.17, 15) is 14.9 Å². The van der Waals surface area contributed by atoms with Gasteiger partial charge in [0.25, 0.3) is 5.69 Å². The first kappa shape index (κ1) is 17.5. The van der Waals surface area contributed by atoms with E-state index in [1.165, 1.54) is 6.07 Å². The van der Waals surface area contributed by atoms with Crippen LogP contribution in [-0.2, 0) is 4.74 Å². The Morgan fingerprint density at radius 3 is 2.50 bits per heavy atom. The summed E-state index contributed by atoms with van der Waals surface area (Å²) < 4.78 is 5.25. The van der Waals surface area contributed by atoms with Crippen LogP contribution in [0.1, 0.15) is 26.3 Å². The van der Waals surface area contributed by atoms with E-state index in [0.29, 0.717) is 22.4 Å². The number of nitrogens with one attached hydrogen (secondary N) is 1. The molecular weight excluding hydrogens is 308 g/mol. The lowest BCUT2D eigenvalue weighted by Crippen LogP contribution is -2.27. The zero-order chi connectivity index (χ0) is 17.9. The largest absolute Gasteiger partial charge is 0.444 e. The molecule has 1 amide bonds. The first-order valence-corrected chi connectivity index (χ1v) is 7.37. The highest BCUT2D eigenvalue weighted by Gasteiger charge is 2.18. The first-order chi connectivity index (χ1) is 11.2. The Morgan fingerprint density at radius 1 is 1.21 bits per heavy atom. The maximum atomic E-state index is 12.0. The molecule has 0 aromatic heterocycles. The zero-order valence-corrected chi connectivity index (χ0v) is 13.8. The van der Waals surface area contributed by atoms with Gasteiger partial charge in [0.2, 0.25) is 0 Å². The van der Waals surface area contributed by atoms with E-state index >= 15 is 0 Å². The molecule has 125 valence electrons. The molecule has 2 aromatic rings. The smallest absolute Gasteiger partial charge is 0.412 e. The van der Waals surface area contributed by atoms with Gasteiger partial charge in [0, 0.05) is 17.2 Å². The van der Waals surface area contributed by atoms with Gasteiger partial charge in [-0.2, -0.15) is 0 Å². The van der Waals surface area contributed by atoms with E-state index in [1.54, 1.807) is 57.2 Å². The van der Waals surface area contributed by atoms with Gasteiger partial charge in [-0.1, -0.05) is 30.3 Å². The zero-order valence-electron chi connectivity index (χ0n) is 13.8. The number of carbonyl (C=O) groups excluding carboxylic acids is 1. The third-order valence-electron chi connectivity index (χ3n) is 3.16. The van der Waals surface area contributed by atoms with Gasteiger partial charge in [-0.05, 0) is 39.3 Å². The molecule has 0 fully saturated rings. The maximum Gasteiger partial charge on any atom is 0.412 e. The van der Waals surface area contributed by atoms with Gasteiger partial charge in [-0.3, -0.25) is 15.4 Å². The molecule has 0 unspecified atom stereocenters. The molecule has 0 saturated heterocycles. The van der Waals surface area contributed by atoms with Crippen LogP contribution in [0.25, 0.3) is 11.1 Å². The highest BCUT2D eigenvalue weighted by atomic mass is 16.6. The van der Waals surface area contributed by atoms with Crippen molar-refractivity contribution >= 4 is 17.5 Å². The normalized spacial score (nSPS) is 11.0. The Bertz CT molecular complexity index is 779. The average molecular weight is 327 g/mol. The van der Waals surface area contributed by atoms with Crippen molar-refractivity contribution in [2.24, 2.45) is 0 Å². The van der Waals surface area contributed by atoms with Crippen LogP contribution < -0.4 is 5.32 Å². The van der Waals surface area contributed by atoms with Gasteiger partial charge in [-0.15, -0.1) is 0 Å². The van der Waals surface area contributed by atoms with Crippen LogP contribution in [-0.4, -0.2) is 16.6 Å². The molecule has 2 rings (SSSR count). The molecule has 0 aliphatic rings. The molecule has 2 aromatic carbocycles. The molecule has 1 N–H and O–H groups in total. The van der Waals surface area contributed by atoms with E-state index in [0.717, 1.165) is 0 Å². The summed E-state index contributed by atoms with van der Waals surface area (Å²) in [4.78, 5) is 22.6. The number of nitro benzene ring substituents is 1. The average Bonchev–Trinajstić information content (AvgIpc) is 2.46. The minimum atomic E-state index is -0.618. The number of ether oxygens (including phenoxy) is 1. The molecule has 0 heterocycles. The summed E-state index contributed by atoms with van der Waals surface area (Å²) in [5.74, 6) is 0. The summed E-state index contributed by atoms with van der Waals surface area (Å²) in [6.07, 6.45) is -0.585. The second-order valence-corrected chi connectivity index (χ2v) is 6.27. The van der Waals surface area contributed by atoms with Crippen molar-refractivity contribution in [1.82, 2.24) is 0 Å².